The van der Waals surface area contributed by atoms with Crippen molar-refractivity contribution < 1.29 is 4.79 Å². The Hall–Kier alpha value is -1.31. The molecule has 1 amide bonds. The van der Waals surface area contributed by atoms with Crippen LogP contribution in [0.5, 0.6) is 0 Å². The van der Waals surface area contributed by atoms with E-state index >= 15 is 0 Å². The molecule has 0 heterocycles. The number of carbonyl (C=O) groups excluding carboxylic acids is 1. The van der Waals surface area contributed by atoms with Crippen molar-refractivity contribution in [2.75, 3.05) is 0 Å². The second-order valence-electron chi connectivity index (χ2n) is 3.57. The summed E-state index contributed by atoms with van der Waals surface area (Å²) in [6, 6.07) is 8.69. The van der Waals surface area contributed by atoms with Crippen molar-refractivity contribution in [2.45, 2.75) is 25.8 Å². The number of fused-ring (bicyclic) bond motifs is 1. The van der Waals surface area contributed by atoms with Gasteiger partial charge in [0.25, 0.3) is 0 Å². The maximum absolute atomic E-state index is 10.8. The Morgan fingerprint density at radius 3 is 2.31 bits per heavy atom. The molecule has 0 atom stereocenters. The largest absolute Gasteiger partial charge is 0.353 e. The SMILES string of the molecule is CC(=O)NC1Cc2ccccc2C1. The molecule has 0 aliphatic heterocycles. The fraction of sp³-hybridized carbons (Fsp3) is 0.364. The first-order chi connectivity index (χ1) is 6.25. The maximum atomic E-state index is 10.8. The molecule has 68 valence electrons. The third kappa shape index (κ3) is 1.72. The van der Waals surface area contributed by atoms with Gasteiger partial charge in [-0.1, -0.05) is 24.3 Å². The highest BCUT2D eigenvalue weighted by atomic mass is 16.1. The van der Waals surface area contributed by atoms with Crippen molar-refractivity contribution >= 4 is 5.91 Å². The molecule has 0 saturated carbocycles. The minimum atomic E-state index is 0.0674. The first-order valence-electron chi connectivity index (χ1n) is 4.59. The Balaban J connectivity index is 2.09. The molecule has 0 spiro atoms. The Morgan fingerprint density at radius 1 is 1.31 bits per heavy atom. The van der Waals surface area contributed by atoms with E-state index in [-0.39, 0.29) is 5.91 Å². The molecule has 0 fully saturated rings. The van der Waals surface area contributed by atoms with E-state index < -0.39 is 0 Å². The van der Waals surface area contributed by atoms with E-state index in [0.29, 0.717) is 6.04 Å². The predicted octanol–water partition coefficient (Wildman–Crippen LogP) is 1.29. The number of amides is 1. The van der Waals surface area contributed by atoms with Crippen LogP contribution in [0.2, 0.25) is 0 Å². The number of benzene rings is 1. The fourth-order valence-electron chi connectivity index (χ4n) is 1.95. The summed E-state index contributed by atoms with van der Waals surface area (Å²) < 4.78 is 0. The molecular formula is C11H13NO. The molecule has 13 heavy (non-hydrogen) atoms. The van der Waals surface area contributed by atoms with Crippen LogP contribution in [0.3, 0.4) is 0 Å². The molecule has 1 aliphatic carbocycles. The summed E-state index contributed by atoms with van der Waals surface area (Å²) in [6.45, 7) is 1.57. The zero-order chi connectivity index (χ0) is 9.26. The van der Waals surface area contributed by atoms with Gasteiger partial charge in [-0.05, 0) is 24.0 Å². The first kappa shape index (κ1) is 8.30. The average Bonchev–Trinajstić information content (AvgIpc) is 2.44. The molecule has 2 heteroatoms. The highest BCUT2D eigenvalue weighted by molar-refractivity contribution is 5.73. The zero-order valence-electron chi connectivity index (χ0n) is 7.71. The van der Waals surface area contributed by atoms with Crippen molar-refractivity contribution in [1.29, 1.82) is 0 Å². The Morgan fingerprint density at radius 2 is 1.85 bits per heavy atom. The topological polar surface area (TPSA) is 29.1 Å². The molecule has 1 N–H and O–H groups in total. The van der Waals surface area contributed by atoms with Crippen molar-refractivity contribution in [2.24, 2.45) is 0 Å². The Labute approximate surface area is 78.0 Å². The van der Waals surface area contributed by atoms with Crippen LogP contribution in [-0.4, -0.2) is 11.9 Å². The zero-order valence-corrected chi connectivity index (χ0v) is 7.71. The lowest BCUT2D eigenvalue weighted by atomic mass is 10.1. The standard InChI is InChI=1S/C11H13NO/c1-8(13)12-11-6-9-4-2-3-5-10(9)7-11/h2-5,11H,6-7H2,1H3,(H,12,13). The van der Waals surface area contributed by atoms with Gasteiger partial charge < -0.3 is 5.32 Å². The van der Waals surface area contributed by atoms with E-state index in [4.69, 9.17) is 0 Å². The summed E-state index contributed by atoms with van der Waals surface area (Å²) >= 11 is 0. The van der Waals surface area contributed by atoms with Gasteiger partial charge in [0, 0.05) is 13.0 Å². The molecule has 0 unspecified atom stereocenters. The van der Waals surface area contributed by atoms with E-state index in [9.17, 15) is 4.79 Å². The van der Waals surface area contributed by atoms with Gasteiger partial charge in [0.15, 0.2) is 0 Å². The third-order valence-corrected chi connectivity index (χ3v) is 2.46. The molecule has 1 aromatic carbocycles. The number of rotatable bonds is 1. The predicted molar refractivity (Wildman–Crippen MR) is 51.5 cm³/mol. The first-order valence-corrected chi connectivity index (χ1v) is 4.59. The quantitative estimate of drug-likeness (QED) is 0.684. The number of hydrogen-bond acceptors (Lipinski definition) is 1. The monoisotopic (exact) mass is 175 g/mol. The highest BCUT2D eigenvalue weighted by Crippen LogP contribution is 2.21. The van der Waals surface area contributed by atoms with Crippen LogP contribution in [0, 0.1) is 0 Å². The van der Waals surface area contributed by atoms with E-state index in [1.54, 1.807) is 6.92 Å². The minimum Gasteiger partial charge on any atom is -0.353 e. The Kier molecular flexibility index (Phi) is 2.05. The van der Waals surface area contributed by atoms with Gasteiger partial charge >= 0.3 is 0 Å². The van der Waals surface area contributed by atoms with Gasteiger partial charge in [0.05, 0.1) is 0 Å². The summed E-state index contributed by atoms with van der Waals surface area (Å²) in [6.07, 6.45) is 1.96. The second-order valence-corrected chi connectivity index (χ2v) is 3.57. The van der Waals surface area contributed by atoms with E-state index in [1.807, 2.05) is 0 Å². The van der Waals surface area contributed by atoms with Crippen molar-refractivity contribution in [1.82, 2.24) is 5.32 Å². The third-order valence-electron chi connectivity index (χ3n) is 2.46. The van der Waals surface area contributed by atoms with Crippen molar-refractivity contribution in [3.8, 4) is 0 Å². The molecule has 0 radical (unpaired) electrons. The molecule has 0 aromatic heterocycles. The minimum absolute atomic E-state index is 0.0674. The van der Waals surface area contributed by atoms with Gasteiger partial charge in [-0.2, -0.15) is 0 Å². The van der Waals surface area contributed by atoms with Crippen LogP contribution in [0.1, 0.15) is 18.1 Å². The van der Waals surface area contributed by atoms with Crippen LogP contribution >= 0.6 is 0 Å². The average molecular weight is 175 g/mol. The van der Waals surface area contributed by atoms with Gasteiger partial charge in [-0.3, -0.25) is 4.79 Å². The summed E-state index contributed by atoms with van der Waals surface area (Å²) in [5.74, 6) is 0.0674. The lowest BCUT2D eigenvalue weighted by Crippen LogP contribution is -2.33. The van der Waals surface area contributed by atoms with Crippen LogP contribution in [0.25, 0.3) is 0 Å². The summed E-state index contributed by atoms with van der Waals surface area (Å²) in [5.41, 5.74) is 2.75. The second kappa shape index (κ2) is 3.21. The van der Waals surface area contributed by atoms with E-state index in [1.165, 1.54) is 11.1 Å². The normalized spacial score (nSPS) is 15.5. The van der Waals surface area contributed by atoms with E-state index in [2.05, 4.69) is 29.6 Å². The van der Waals surface area contributed by atoms with Crippen molar-refractivity contribution in [3.63, 3.8) is 0 Å². The molecule has 2 nitrogen and oxygen atoms in total. The molecule has 2 rings (SSSR count). The molecular weight excluding hydrogens is 162 g/mol. The van der Waals surface area contributed by atoms with Crippen molar-refractivity contribution in [3.05, 3.63) is 35.4 Å². The lowest BCUT2D eigenvalue weighted by Gasteiger charge is -2.08. The molecule has 1 aliphatic rings. The van der Waals surface area contributed by atoms with Crippen LogP contribution < -0.4 is 5.32 Å². The number of nitrogens with one attached hydrogen (secondary N) is 1. The fourth-order valence-corrected chi connectivity index (χ4v) is 1.95. The summed E-state index contributed by atoms with van der Waals surface area (Å²) in [7, 11) is 0. The number of carbonyl (C=O) groups is 1. The maximum Gasteiger partial charge on any atom is 0.217 e. The molecule has 0 saturated heterocycles. The van der Waals surface area contributed by atoms with Crippen LogP contribution in [0.4, 0.5) is 0 Å². The summed E-state index contributed by atoms with van der Waals surface area (Å²) in [5, 5.41) is 2.95. The van der Waals surface area contributed by atoms with Gasteiger partial charge in [0.1, 0.15) is 0 Å². The van der Waals surface area contributed by atoms with Gasteiger partial charge in [-0.25, -0.2) is 0 Å². The molecule has 1 aromatic rings. The summed E-state index contributed by atoms with van der Waals surface area (Å²) in [4.78, 5) is 10.8. The highest BCUT2D eigenvalue weighted by Gasteiger charge is 2.20. The Bertz CT molecular complexity index is 308. The lowest BCUT2D eigenvalue weighted by molar-refractivity contribution is -0.119. The van der Waals surface area contributed by atoms with Gasteiger partial charge in [0.2, 0.25) is 5.91 Å². The smallest absolute Gasteiger partial charge is 0.217 e. The molecule has 0 bridgehead atoms. The van der Waals surface area contributed by atoms with Crippen LogP contribution in [0.15, 0.2) is 24.3 Å². The van der Waals surface area contributed by atoms with Gasteiger partial charge in [-0.15, -0.1) is 0 Å². The van der Waals surface area contributed by atoms with E-state index in [0.717, 1.165) is 12.8 Å². The number of hydrogen-bond donors (Lipinski definition) is 1. The van der Waals surface area contributed by atoms with Crippen LogP contribution in [-0.2, 0) is 17.6 Å².